The highest BCUT2D eigenvalue weighted by Crippen LogP contribution is 2.24. The molecule has 3 nitrogen and oxygen atoms in total. The first-order chi connectivity index (χ1) is 10.2. The van der Waals surface area contributed by atoms with Gasteiger partial charge in [0.15, 0.2) is 5.78 Å². The molecule has 0 saturated heterocycles. The third kappa shape index (κ3) is 3.40. The molecule has 1 aromatic carbocycles. The van der Waals surface area contributed by atoms with Crippen molar-refractivity contribution >= 4 is 28.7 Å². The van der Waals surface area contributed by atoms with Crippen molar-refractivity contribution in [2.45, 2.75) is 12.8 Å². The number of thiophene rings is 1. The third-order valence-electron chi connectivity index (χ3n) is 3.07. The molecule has 0 atom stereocenters. The smallest absolute Gasteiger partial charge is 0.173 e. The molecule has 5 heteroatoms. The maximum absolute atomic E-state index is 12.0. The number of carbonyl (C=O) groups is 1. The lowest BCUT2D eigenvalue weighted by Crippen LogP contribution is -1.97. The van der Waals surface area contributed by atoms with Crippen molar-refractivity contribution in [3.8, 4) is 11.3 Å². The molecule has 0 saturated carbocycles. The lowest BCUT2D eigenvalue weighted by Gasteiger charge is -1.94. The van der Waals surface area contributed by atoms with Crippen LogP contribution in [0.3, 0.4) is 0 Å². The van der Waals surface area contributed by atoms with Crippen LogP contribution in [-0.4, -0.2) is 10.9 Å². The van der Waals surface area contributed by atoms with Crippen LogP contribution < -0.4 is 0 Å². The highest BCUT2D eigenvalue weighted by atomic mass is 35.5. The summed E-state index contributed by atoms with van der Waals surface area (Å²) in [5.41, 5.74) is 1.79. The predicted octanol–water partition coefficient (Wildman–Crippen LogP) is 4.87. The second kappa shape index (κ2) is 6.24. The van der Waals surface area contributed by atoms with Gasteiger partial charge < -0.3 is 4.52 Å². The molecule has 0 spiro atoms. The van der Waals surface area contributed by atoms with Crippen LogP contribution in [0.5, 0.6) is 0 Å². The Morgan fingerprint density at radius 2 is 2.00 bits per heavy atom. The van der Waals surface area contributed by atoms with Crippen molar-refractivity contribution < 1.29 is 9.32 Å². The topological polar surface area (TPSA) is 43.1 Å². The molecule has 0 aliphatic heterocycles. The van der Waals surface area contributed by atoms with E-state index in [1.807, 2.05) is 36.4 Å². The number of hydrogen-bond donors (Lipinski definition) is 0. The van der Waals surface area contributed by atoms with Crippen LogP contribution in [0.15, 0.2) is 53.1 Å². The number of rotatable bonds is 5. The molecule has 0 bridgehead atoms. The minimum Gasteiger partial charge on any atom is -0.361 e. The van der Waals surface area contributed by atoms with Gasteiger partial charge in [-0.3, -0.25) is 4.79 Å². The van der Waals surface area contributed by atoms with Gasteiger partial charge in [0, 0.05) is 24.5 Å². The van der Waals surface area contributed by atoms with Crippen LogP contribution in [0.1, 0.15) is 21.9 Å². The number of hydrogen-bond acceptors (Lipinski definition) is 4. The van der Waals surface area contributed by atoms with E-state index in [0.717, 1.165) is 11.3 Å². The van der Waals surface area contributed by atoms with Crippen molar-refractivity contribution in [2.75, 3.05) is 0 Å². The van der Waals surface area contributed by atoms with Gasteiger partial charge in [-0.1, -0.05) is 47.1 Å². The van der Waals surface area contributed by atoms with Crippen LogP contribution in [0.2, 0.25) is 4.34 Å². The maximum Gasteiger partial charge on any atom is 0.173 e. The van der Waals surface area contributed by atoms with Crippen molar-refractivity contribution in [1.82, 2.24) is 5.16 Å². The largest absolute Gasteiger partial charge is 0.361 e. The number of aryl methyl sites for hydroxylation is 1. The highest BCUT2D eigenvalue weighted by Gasteiger charge is 2.12. The zero-order chi connectivity index (χ0) is 14.7. The molecule has 0 amide bonds. The summed E-state index contributed by atoms with van der Waals surface area (Å²) in [5, 5.41) is 4.04. The lowest BCUT2D eigenvalue weighted by molar-refractivity contribution is 0.0984. The second-order valence-corrected chi connectivity index (χ2v) is 6.29. The van der Waals surface area contributed by atoms with Crippen LogP contribution in [0.4, 0.5) is 0 Å². The van der Waals surface area contributed by atoms with E-state index in [1.54, 1.807) is 12.1 Å². The third-order valence-corrected chi connectivity index (χ3v) is 4.35. The molecule has 3 aromatic rings. The van der Waals surface area contributed by atoms with E-state index in [4.69, 9.17) is 16.1 Å². The van der Waals surface area contributed by atoms with Gasteiger partial charge in [0.05, 0.1) is 9.21 Å². The Morgan fingerprint density at radius 1 is 1.19 bits per heavy atom. The Hall–Kier alpha value is -1.91. The van der Waals surface area contributed by atoms with Gasteiger partial charge in [0.2, 0.25) is 0 Å². The van der Waals surface area contributed by atoms with Crippen molar-refractivity contribution in [1.29, 1.82) is 0 Å². The minimum atomic E-state index is 0.0737. The molecule has 106 valence electrons. The van der Waals surface area contributed by atoms with E-state index in [2.05, 4.69) is 5.16 Å². The number of ketones is 1. The van der Waals surface area contributed by atoms with Gasteiger partial charge in [-0.15, -0.1) is 11.3 Å². The van der Waals surface area contributed by atoms with Crippen molar-refractivity contribution in [3.63, 3.8) is 0 Å². The van der Waals surface area contributed by atoms with E-state index >= 15 is 0 Å². The van der Waals surface area contributed by atoms with E-state index in [0.29, 0.717) is 27.8 Å². The van der Waals surface area contributed by atoms with Gasteiger partial charge in [0.25, 0.3) is 0 Å². The second-order valence-electron chi connectivity index (χ2n) is 4.57. The maximum atomic E-state index is 12.0. The normalized spacial score (nSPS) is 10.7. The van der Waals surface area contributed by atoms with E-state index in [1.165, 1.54) is 11.3 Å². The molecule has 2 heterocycles. The number of carbonyl (C=O) groups excluding carboxylic acids is 1. The number of halogens is 1. The summed E-state index contributed by atoms with van der Waals surface area (Å²) in [7, 11) is 0. The predicted molar refractivity (Wildman–Crippen MR) is 83.9 cm³/mol. The first-order valence-electron chi connectivity index (χ1n) is 6.52. The summed E-state index contributed by atoms with van der Waals surface area (Å²) in [6.45, 7) is 0. The Kier molecular flexibility index (Phi) is 4.18. The number of benzene rings is 1. The molecule has 21 heavy (non-hydrogen) atoms. The Bertz CT molecular complexity index is 748. The zero-order valence-electron chi connectivity index (χ0n) is 11.1. The zero-order valence-corrected chi connectivity index (χ0v) is 12.7. The Labute approximate surface area is 131 Å². The molecular weight excluding hydrogens is 306 g/mol. The molecule has 0 fully saturated rings. The molecule has 2 aromatic heterocycles. The monoisotopic (exact) mass is 317 g/mol. The lowest BCUT2D eigenvalue weighted by atomic mass is 10.1. The van der Waals surface area contributed by atoms with Crippen molar-refractivity contribution in [3.05, 3.63) is 63.5 Å². The average Bonchev–Trinajstić information content (AvgIpc) is 3.15. The fourth-order valence-electron chi connectivity index (χ4n) is 2.00. The van der Waals surface area contributed by atoms with Crippen LogP contribution in [0, 0.1) is 0 Å². The summed E-state index contributed by atoms with van der Waals surface area (Å²) >= 11 is 7.13. The minimum absolute atomic E-state index is 0.0737. The molecule has 0 aliphatic carbocycles. The molecule has 0 aliphatic rings. The Balaban J connectivity index is 1.64. The molecule has 0 radical (unpaired) electrons. The van der Waals surface area contributed by atoms with Gasteiger partial charge in [-0.2, -0.15) is 0 Å². The van der Waals surface area contributed by atoms with E-state index in [-0.39, 0.29) is 5.78 Å². The summed E-state index contributed by atoms with van der Waals surface area (Å²) in [4.78, 5) is 12.7. The SMILES string of the molecule is O=C(CCc1cc(-c2ccccc2)no1)c1ccc(Cl)s1. The van der Waals surface area contributed by atoms with Gasteiger partial charge in [0.1, 0.15) is 11.5 Å². The van der Waals surface area contributed by atoms with Gasteiger partial charge in [-0.05, 0) is 12.1 Å². The van der Waals surface area contributed by atoms with Crippen molar-refractivity contribution in [2.24, 2.45) is 0 Å². The molecule has 0 N–H and O–H groups in total. The van der Waals surface area contributed by atoms with Crippen LogP contribution >= 0.6 is 22.9 Å². The van der Waals surface area contributed by atoms with E-state index in [9.17, 15) is 4.79 Å². The summed E-state index contributed by atoms with van der Waals surface area (Å²) in [5.74, 6) is 0.786. The van der Waals surface area contributed by atoms with Gasteiger partial charge >= 0.3 is 0 Å². The quantitative estimate of drug-likeness (QED) is 0.630. The van der Waals surface area contributed by atoms with Gasteiger partial charge in [-0.25, -0.2) is 0 Å². The summed E-state index contributed by atoms with van der Waals surface area (Å²) in [6.07, 6.45) is 0.925. The van der Waals surface area contributed by atoms with E-state index < -0.39 is 0 Å². The fraction of sp³-hybridized carbons (Fsp3) is 0.125. The fourth-order valence-corrected chi connectivity index (χ4v) is 3.01. The summed E-state index contributed by atoms with van der Waals surface area (Å²) in [6, 6.07) is 15.2. The molecule has 3 rings (SSSR count). The standard InChI is InChI=1S/C16H12ClNO2S/c17-16-9-8-15(21-16)14(19)7-6-12-10-13(18-20-12)11-4-2-1-3-5-11/h1-5,8-10H,6-7H2. The number of Topliss-reactive ketones (excluding diaryl/α,β-unsaturated/α-hetero) is 1. The average molecular weight is 318 g/mol. The highest BCUT2D eigenvalue weighted by molar-refractivity contribution is 7.18. The number of aromatic nitrogens is 1. The molecular formula is C16H12ClNO2S. The first-order valence-corrected chi connectivity index (χ1v) is 7.71. The molecule has 0 unspecified atom stereocenters. The first kappa shape index (κ1) is 14.0. The van der Waals surface area contributed by atoms with Crippen LogP contribution in [-0.2, 0) is 6.42 Å². The number of nitrogens with zero attached hydrogens (tertiary/aromatic N) is 1. The summed E-state index contributed by atoms with van der Waals surface area (Å²) < 4.78 is 5.91. The Morgan fingerprint density at radius 3 is 2.71 bits per heavy atom. The van der Waals surface area contributed by atoms with Crippen LogP contribution in [0.25, 0.3) is 11.3 Å².